The lowest BCUT2D eigenvalue weighted by atomic mass is 9.94. The first-order valence-corrected chi connectivity index (χ1v) is 18.4. The highest BCUT2D eigenvalue weighted by molar-refractivity contribution is 5.95. The molecule has 12 nitrogen and oxygen atoms in total. The first-order valence-electron chi connectivity index (χ1n) is 18.4. The summed E-state index contributed by atoms with van der Waals surface area (Å²) in [5.41, 5.74) is 5.79. The molecule has 2 aromatic carbocycles. The lowest BCUT2D eigenvalue weighted by Crippen LogP contribution is -2.44. The fourth-order valence-electron chi connectivity index (χ4n) is 7.63. The molecule has 12 heteroatoms. The highest BCUT2D eigenvalue weighted by atomic mass is 16.5. The molecule has 0 unspecified atom stereocenters. The molecule has 3 aliphatic heterocycles. The van der Waals surface area contributed by atoms with E-state index in [1.54, 1.807) is 14.1 Å². The average molecular weight is 699 g/mol. The van der Waals surface area contributed by atoms with Crippen LogP contribution in [0.3, 0.4) is 0 Å². The van der Waals surface area contributed by atoms with Crippen LogP contribution in [0.5, 0.6) is 0 Å². The van der Waals surface area contributed by atoms with Crippen molar-refractivity contribution < 1.29 is 19.1 Å². The van der Waals surface area contributed by atoms with Crippen LogP contribution in [0.25, 0.3) is 0 Å². The summed E-state index contributed by atoms with van der Waals surface area (Å²) in [7, 11) is 5.30. The summed E-state index contributed by atoms with van der Waals surface area (Å²) in [6.07, 6.45) is 3.36. The normalized spacial score (nSPS) is 19.5. The van der Waals surface area contributed by atoms with Gasteiger partial charge in [0.2, 0.25) is 0 Å². The van der Waals surface area contributed by atoms with Gasteiger partial charge in [-0.2, -0.15) is 5.10 Å². The number of urea groups is 1. The number of nitrogens with one attached hydrogen (secondary N) is 2. The number of nitrogens with zero attached hydrogens (tertiary/aromatic N) is 6. The van der Waals surface area contributed by atoms with Crippen LogP contribution in [0.2, 0.25) is 0 Å². The molecule has 2 fully saturated rings. The van der Waals surface area contributed by atoms with Crippen LogP contribution in [0.15, 0.2) is 48.5 Å². The number of likely N-dealkylation sites (tertiary alicyclic amines) is 1. The number of anilines is 2. The fourth-order valence-corrected chi connectivity index (χ4v) is 7.63. The van der Waals surface area contributed by atoms with Gasteiger partial charge in [-0.3, -0.25) is 19.2 Å². The largest absolute Gasteiger partial charge is 0.380 e. The van der Waals surface area contributed by atoms with Gasteiger partial charge in [0.05, 0.1) is 6.61 Å². The number of ether oxygens (including phenoxy) is 1. The quantitative estimate of drug-likeness (QED) is 0.300. The van der Waals surface area contributed by atoms with Gasteiger partial charge >= 0.3 is 6.03 Å². The second-order valence-electron chi connectivity index (χ2n) is 15.0. The summed E-state index contributed by atoms with van der Waals surface area (Å²) in [5, 5.41) is 10.7. The Balaban J connectivity index is 1.08. The smallest absolute Gasteiger partial charge is 0.321 e. The molecule has 2 atom stereocenters. The van der Waals surface area contributed by atoms with E-state index in [1.807, 2.05) is 65.2 Å². The van der Waals surface area contributed by atoms with Gasteiger partial charge in [0.25, 0.3) is 11.8 Å². The summed E-state index contributed by atoms with van der Waals surface area (Å²) in [6.45, 7) is 12.7. The predicted molar refractivity (Wildman–Crippen MR) is 199 cm³/mol. The summed E-state index contributed by atoms with van der Waals surface area (Å²) >= 11 is 0. The molecule has 3 aliphatic rings. The van der Waals surface area contributed by atoms with Crippen molar-refractivity contribution in [3.8, 4) is 0 Å². The number of hydrogen-bond donors (Lipinski definition) is 2. The Kier molecular flexibility index (Phi) is 11.3. The number of carbonyl (C=O) groups excluding carboxylic acids is 3. The van der Waals surface area contributed by atoms with Crippen molar-refractivity contribution in [3.05, 3.63) is 76.6 Å². The molecule has 3 aromatic rings. The molecule has 0 spiro atoms. The van der Waals surface area contributed by atoms with Gasteiger partial charge < -0.3 is 30.1 Å². The number of amides is 4. The molecule has 1 aromatic heterocycles. The van der Waals surface area contributed by atoms with E-state index in [9.17, 15) is 14.4 Å². The van der Waals surface area contributed by atoms with Crippen molar-refractivity contribution >= 4 is 29.2 Å². The van der Waals surface area contributed by atoms with E-state index in [4.69, 9.17) is 9.84 Å². The van der Waals surface area contributed by atoms with Crippen molar-refractivity contribution in [1.82, 2.24) is 29.8 Å². The topological polar surface area (TPSA) is 115 Å². The fraction of sp³-hybridized carbons (Fsp3) is 0.538. The number of benzene rings is 2. The highest BCUT2D eigenvalue weighted by Gasteiger charge is 2.33. The molecular formula is C39H54N8O4. The maximum atomic E-state index is 13.6. The maximum absolute atomic E-state index is 13.6. The van der Waals surface area contributed by atoms with Crippen molar-refractivity contribution in [1.29, 1.82) is 0 Å². The van der Waals surface area contributed by atoms with Gasteiger partial charge in [-0.25, -0.2) is 4.79 Å². The van der Waals surface area contributed by atoms with Crippen molar-refractivity contribution in [2.24, 2.45) is 5.92 Å². The molecule has 2 saturated heterocycles. The minimum Gasteiger partial charge on any atom is -0.380 e. The Morgan fingerprint density at radius 1 is 0.980 bits per heavy atom. The standard InChI is InChI=1S/C39H54N8O4/c1-26(2)47-36-27(3)22-46(24-34(36)35(42-47)37(48)40-21-28-7-11-31(12-8-28)41-39(50)43(4)5)32-13-9-30(10-14-32)38(49)44(6)23-29-15-18-45(19-16-29)33-17-20-51-25-33/h7-14,26-27,29,33H,15-25H2,1-6H3,(H,40,48)(H,41,50)/t27-,33+/m0/s1. The Hall–Kier alpha value is -4.42. The van der Waals surface area contributed by atoms with Gasteiger partial charge in [0, 0.05) is 100 Å². The molecule has 0 saturated carbocycles. The molecule has 0 aliphatic carbocycles. The Bertz CT molecular complexity index is 1670. The van der Waals surface area contributed by atoms with Crippen molar-refractivity contribution in [2.75, 3.05) is 70.8 Å². The number of carbonyl (C=O) groups is 3. The number of fused-ring (bicyclic) bond motifs is 1. The van der Waals surface area contributed by atoms with Crippen molar-refractivity contribution in [3.63, 3.8) is 0 Å². The Labute approximate surface area is 302 Å². The van der Waals surface area contributed by atoms with E-state index in [-0.39, 0.29) is 29.8 Å². The van der Waals surface area contributed by atoms with Gasteiger partial charge in [-0.05, 0) is 94.1 Å². The highest BCUT2D eigenvalue weighted by Crippen LogP contribution is 2.35. The average Bonchev–Trinajstić information content (AvgIpc) is 3.81. The van der Waals surface area contributed by atoms with E-state index < -0.39 is 0 Å². The zero-order valence-corrected chi connectivity index (χ0v) is 31.0. The first-order chi connectivity index (χ1) is 24.5. The van der Waals surface area contributed by atoms with Crippen LogP contribution in [0, 0.1) is 5.92 Å². The van der Waals surface area contributed by atoms with E-state index in [0.717, 1.165) is 81.2 Å². The summed E-state index contributed by atoms with van der Waals surface area (Å²) in [6, 6.07) is 15.8. The molecule has 274 valence electrons. The molecule has 2 N–H and O–H groups in total. The van der Waals surface area contributed by atoms with E-state index in [2.05, 4.69) is 41.2 Å². The zero-order chi connectivity index (χ0) is 36.2. The van der Waals surface area contributed by atoms with Gasteiger partial charge in [-0.15, -0.1) is 0 Å². The lowest BCUT2D eigenvalue weighted by Gasteiger charge is -2.36. The Morgan fingerprint density at radius 3 is 2.31 bits per heavy atom. The number of aromatic nitrogens is 2. The first kappa shape index (κ1) is 36.4. The zero-order valence-electron chi connectivity index (χ0n) is 31.0. The summed E-state index contributed by atoms with van der Waals surface area (Å²) < 4.78 is 7.58. The SMILES string of the molecule is CC(C)n1nc(C(=O)NCc2ccc(NC(=O)N(C)C)cc2)c2c1[C@@H](C)CN(c1ccc(C(=O)N(C)CC3CCN([C@@H]4CCOC4)CC3)cc1)C2. The third-order valence-corrected chi connectivity index (χ3v) is 10.6. The van der Waals surface area contributed by atoms with E-state index in [0.29, 0.717) is 42.0 Å². The Morgan fingerprint density at radius 2 is 1.69 bits per heavy atom. The molecular weight excluding hydrogens is 644 g/mol. The summed E-state index contributed by atoms with van der Waals surface area (Å²) in [4.78, 5) is 47.2. The number of piperidine rings is 1. The van der Waals surface area contributed by atoms with E-state index in [1.165, 1.54) is 4.90 Å². The molecule has 4 heterocycles. The number of rotatable bonds is 10. The van der Waals surface area contributed by atoms with Crippen LogP contribution in [-0.4, -0.2) is 109 Å². The van der Waals surface area contributed by atoms with E-state index >= 15 is 0 Å². The molecule has 0 bridgehead atoms. The number of hydrogen-bond acceptors (Lipinski definition) is 7. The summed E-state index contributed by atoms with van der Waals surface area (Å²) in [5.74, 6) is 0.497. The van der Waals surface area contributed by atoms with Crippen LogP contribution in [-0.2, 0) is 17.8 Å². The van der Waals surface area contributed by atoms with Crippen LogP contribution < -0.4 is 15.5 Å². The van der Waals surface area contributed by atoms with Crippen molar-refractivity contribution in [2.45, 2.75) is 71.1 Å². The third kappa shape index (κ3) is 8.39. The van der Waals surface area contributed by atoms with Crippen LogP contribution in [0.4, 0.5) is 16.2 Å². The van der Waals surface area contributed by atoms with Gasteiger partial charge in [0.15, 0.2) is 5.69 Å². The van der Waals surface area contributed by atoms with Crippen LogP contribution in [0.1, 0.15) is 89.7 Å². The molecule has 6 rings (SSSR count). The third-order valence-electron chi connectivity index (χ3n) is 10.6. The molecule has 0 radical (unpaired) electrons. The minimum atomic E-state index is -0.216. The maximum Gasteiger partial charge on any atom is 0.321 e. The molecule has 4 amide bonds. The minimum absolute atomic E-state index is 0.0487. The second kappa shape index (κ2) is 15.9. The monoisotopic (exact) mass is 698 g/mol. The van der Waals surface area contributed by atoms with Gasteiger partial charge in [0.1, 0.15) is 0 Å². The predicted octanol–water partition coefficient (Wildman–Crippen LogP) is 5.18. The molecule has 51 heavy (non-hydrogen) atoms. The second-order valence-corrected chi connectivity index (χ2v) is 15.0. The van der Waals surface area contributed by atoms with Gasteiger partial charge in [-0.1, -0.05) is 19.1 Å². The van der Waals surface area contributed by atoms with Crippen LogP contribution >= 0.6 is 0 Å². The lowest BCUT2D eigenvalue weighted by molar-refractivity contribution is 0.0704.